The fourth-order valence-corrected chi connectivity index (χ4v) is 4.63. The molecule has 0 aliphatic carbocycles. The molecule has 3 aromatic carbocycles. The monoisotopic (exact) mass is 596 g/mol. The fraction of sp³-hybridized carbons (Fsp3) is 0.167. The van der Waals surface area contributed by atoms with Gasteiger partial charge >= 0.3 is 6.18 Å². The van der Waals surface area contributed by atoms with E-state index in [1.165, 1.54) is 32.1 Å². The molecule has 42 heavy (non-hydrogen) atoms. The average Bonchev–Trinajstić information content (AvgIpc) is 3.36. The molecule has 8 nitrogen and oxygen atoms in total. The number of rotatable bonds is 8. The van der Waals surface area contributed by atoms with Gasteiger partial charge in [0.15, 0.2) is 17.2 Å². The number of benzene rings is 3. The molecular formula is C30H24ClF3N4O4. The summed E-state index contributed by atoms with van der Waals surface area (Å²) in [7, 11) is 5.96. The van der Waals surface area contributed by atoms with Gasteiger partial charge in [-0.2, -0.15) is 23.0 Å². The van der Waals surface area contributed by atoms with Crippen LogP contribution in [0.5, 0.6) is 23.0 Å². The van der Waals surface area contributed by atoms with Crippen LogP contribution >= 0.6 is 11.6 Å². The van der Waals surface area contributed by atoms with Crippen LogP contribution in [0.15, 0.2) is 72.8 Å². The highest BCUT2D eigenvalue weighted by atomic mass is 35.5. The molecule has 0 aliphatic heterocycles. The molecule has 0 radical (unpaired) electrons. The van der Waals surface area contributed by atoms with E-state index in [2.05, 4.69) is 15.1 Å². The zero-order chi connectivity index (χ0) is 30.0. The number of hydrogen-bond donors (Lipinski definition) is 0. The van der Waals surface area contributed by atoms with Crippen LogP contribution < -0.4 is 18.9 Å². The van der Waals surface area contributed by atoms with Crippen molar-refractivity contribution in [1.82, 2.24) is 19.7 Å². The maximum absolute atomic E-state index is 14.2. The molecular weight excluding hydrogens is 573 g/mol. The lowest BCUT2D eigenvalue weighted by Crippen LogP contribution is -2.14. The van der Waals surface area contributed by atoms with Gasteiger partial charge in [0.2, 0.25) is 0 Å². The van der Waals surface area contributed by atoms with Gasteiger partial charge < -0.3 is 18.9 Å². The first kappa shape index (κ1) is 28.7. The predicted octanol–water partition coefficient (Wildman–Crippen LogP) is 7.37. The highest BCUT2D eigenvalue weighted by Gasteiger charge is 2.35. The van der Waals surface area contributed by atoms with Crippen molar-refractivity contribution in [3.05, 3.63) is 83.5 Å². The minimum atomic E-state index is -4.78. The second-order valence-electron chi connectivity index (χ2n) is 8.89. The van der Waals surface area contributed by atoms with Crippen molar-refractivity contribution in [2.75, 3.05) is 28.4 Å². The van der Waals surface area contributed by atoms with Crippen molar-refractivity contribution in [3.63, 3.8) is 0 Å². The Labute approximate surface area is 244 Å². The highest BCUT2D eigenvalue weighted by molar-refractivity contribution is 6.35. The van der Waals surface area contributed by atoms with E-state index in [-0.39, 0.29) is 16.7 Å². The Balaban J connectivity index is 1.76. The summed E-state index contributed by atoms with van der Waals surface area (Å²) in [5.74, 6) is 1.61. The number of aromatic nitrogens is 4. The minimum absolute atomic E-state index is 0.00780. The lowest BCUT2D eigenvalue weighted by molar-refractivity contribution is -0.141. The van der Waals surface area contributed by atoms with Crippen molar-refractivity contribution in [2.45, 2.75) is 6.18 Å². The summed E-state index contributed by atoms with van der Waals surface area (Å²) >= 11 is 6.90. The highest BCUT2D eigenvalue weighted by Crippen LogP contribution is 2.40. The number of ether oxygens (including phenoxy) is 4. The molecule has 0 aliphatic rings. The van der Waals surface area contributed by atoms with Crippen LogP contribution in [0.3, 0.4) is 0 Å². The molecule has 0 unspecified atom stereocenters. The molecule has 0 N–H and O–H groups in total. The molecule has 2 aromatic heterocycles. The van der Waals surface area contributed by atoms with Crippen LogP contribution in [-0.4, -0.2) is 48.2 Å². The van der Waals surface area contributed by atoms with E-state index in [0.717, 1.165) is 6.07 Å². The van der Waals surface area contributed by atoms with Gasteiger partial charge in [-0.3, -0.25) is 0 Å². The Kier molecular flexibility index (Phi) is 7.95. The second kappa shape index (κ2) is 11.6. The van der Waals surface area contributed by atoms with Crippen molar-refractivity contribution in [1.29, 1.82) is 0 Å². The Morgan fingerprint density at radius 2 is 1.24 bits per heavy atom. The van der Waals surface area contributed by atoms with Crippen LogP contribution in [0, 0.1) is 0 Å². The zero-order valence-electron chi connectivity index (χ0n) is 22.9. The number of hydrogen-bond acceptors (Lipinski definition) is 7. The van der Waals surface area contributed by atoms with E-state index in [0.29, 0.717) is 51.1 Å². The topological polar surface area (TPSA) is 80.5 Å². The summed E-state index contributed by atoms with van der Waals surface area (Å²) in [6, 6.07) is 19.4. The van der Waals surface area contributed by atoms with Crippen molar-refractivity contribution in [2.24, 2.45) is 0 Å². The molecule has 216 valence electrons. The third-order valence-corrected chi connectivity index (χ3v) is 6.79. The molecule has 5 aromatic rings. The van der Waals surface area contributed by atoms with Gasteiger partial charge in [0.25, 0.3) is 5.95 Å². The summed E-state index contributed by atoms with van der Waals surface area (Å²) < 4.78 is 64.8. The maximum atomic E-state index is 14.2. The van der Waals surface area contributed by atoms with Crippen molar-refractivity contribution in [3.8, 4) is 62.7 Å². The molecule has 0 atom stereocenters. The number of methoxy groups -OCH3 is 4. The third-order valence-electron chi connectivity index (χ3n) is 6.43. The van der Waals surface area contributed by atoms with Crippen molar-refractivity contribution < 1.29 is 32.1 Å². The minimum Gasteiger partial charge on any atom is -0.497 e. The molecule has 0 saturated heterocycles. The van der Waals surface area contributed by atoms with Gasteiger partial charge in [-0.25, -0.2) is 9.97 Å². The van der Waals surface area contributed by atoms with Gasteiger partial charge in [0.1, 0.15) is 17.2 Å². The van der Waals surface area contributed by atoms with E-state index in [1.807, 2.05) is 0 Å². The van der Waals surface area contributed by atoms with E-state index < -0.39 is 11.9 Å². The molecule has 0 saturated carbocycles. The number of nitrogens with zero attached hydrogens (tertiary/aromatic N) is 4. The van der Waals surface area contributed by atoms with Crippen LogP contribution in [0.1, 0.15) is 5.69 Å². The predicted molar refractivity (Wildman–Crippen MR) is 152 cm³/mol. The Morgan fingerprint density at radius 1 is 0.667 bits per heavy atom. The smallest absolute Gasteiger partial charge is 0.433 e. The molecule has 0 spiro atoms. The maximum Gasteiger partial charge on any atom is 0.433 e. The summed E-state index contributed by atoms with van der Waals surface area (Å²) in [5.41, 5.74) is 0.966. The largest absolute Gasteiger partial charge is 0.497 e. The van der Waals surface area contributed by atoms with Crippen LogP contribution in [0.4, 0.5) is 13.2 Å². The normalized spacial score (nSPS) is 11.3. The summed E-state index contributed by atoms with van der Waals surface area (Å²) in [5, 5.41) is 4.81. The molecule has 0 amide bonds. The van der Waals surface area contributed by atoms with Crippen LogP contribution in [-0.2, 0) is 6.18 Å². The third kappa shape index (κ3) is 5.55. The Morgan fingerprint density at radius 3 is 1.79 bits per heavy atom. The average molecular weight is 597 g/mol. The van der Waals surface area contributed by atoms with Gasteiger partial charge in [-0.05, 0) is 72.8 Å². The van der Waals surface area contributed by atoms with Gasteiger partial charge in [0.05, 0.1) is 44.8 Å². The number of halogens is 4. The SMILES string of the molecule is COc1ccc(-c2nn(-c3nc(-c4ccc(OC)c(OC)c4)cc(C(F)(F)F)n3)c(-c3ccc(OC)cc3)c2Cl)cc1. The van der Waals surface area contributed by atoms with Crippen LogP contribution in [0.2, 0.25) is 5.02 Å². The molecule has 0 fully saturated rings. The summed E-state index contributed by atoms with van der Waals surface area (Å²) in [6.07, 6.45) is -4.78. The van der Waals surface area contributed by atoms with Crippen LogP contribution in [0.25, 0.3) is 39.7 Å². The van der Waals surface area contributed by atoms with E-state index in [1.54, 1.807) is 67.8 Å². The molecule has 2 heterocycles. The zero-order valence-corrected chi connectivity index (χ0v) is 23.6. The summed E-state index contributed by atoms with van der Waals surface area (Å²) in [4.78, 5) is 8.38. The van der Waals surface area contributed by atoms with Gasteiger partial charge in [-0.15, -0.1) is 0 Å². The fourth-order valence-electron chi connectivity index (χ4n) is 4.29. The van der Waals surface area contributed by atoms with E-state index in [4.69, 9.17) is 30.5 Å². The number of alkyl halides is 3. The first-order valence-corrected chi connectivity index (χ1v) is 12.8. The van der Waals surface area contributed by atoms with E-state index in [9.17, 15) is 13.2 Å². The molecule has 12 heteroatoms. The lowest BCUT2D eigenvalue weighted by Gasteiger charge is -2.14. The van der Waals surface area contributed by atoms with Gasteiger partial charge in [-0.1, -0.05) is 11.6 Å². The van der Waals surface area contributed by atoms with Gasteiger partial charge in [0, 0.05) is 16.7 Å². The molecule has 5 rings (SSSR count). The first-order chi connectivity index (χ1) is 20.2. The Bertz CT molecular complexity index is 1720. The quantitative estimate of drug-likeness (QED) is 0.185. The first-order valence-electron chi connectivity index (χ1n) is 12.4. The second-order valence-corrected chi connectivity index (χ2v) is 9.26. The lowest BCUT2D eigenvalue weighted by atomic mass is 10.1. The molecule has 0 bridgehead atoms. The summed E-state index contributed by atoms with van der Waals surface area (Å²) in [6.45, 7) is 0. The standard InChI is InChI=1S/C30H24ClF3N4O4/c1-39-20-10-5-17(6-11-20)27-26(31)28(18-7-12-21(40-2)13-8-18)38(37-27)29-35-22(16-25(36-29)30(32,33)34)19-9-14-23(41-3)24(15-19)42-4/h5-16H,1-4H3. The Hall–Kier alpha value is -4.77. The van der Waals surface area contributed by atoms with E-state index >= 15 is 0 Å². The van der Waals surface area contributed by atoms with Crippen molar-refractivity contribution >= 4 is 11.6 Å².